The van der Waals surface area contributed by atoms with Crippen molar-refractivity contribution in [1.29, 1.82) is 0 Å². The molecule has 25 heavy (non-hydrogen) atoms. The van der Waals surface area contributed by atoms with E-state index in [-0.39, 0.29) is 5.91 Å². The Morgan fingerprint density at radius 1 is 1.24 bits per heavy atom. The van der Waals surface area contributed by atoms with Gasteiger partial charge in [-0.3, -0.25) is 14.8 Å². The molecule has 7 heteroatoms. The normalized spacial score (nSPS) is 15.4. The van der Waals surface area contributed by atoms with Gasteiger partial charge in [0.05, 0.1) is 11.6 Å². The molecule has 0 saturated carbocycles. The zero-order valence-corrected chi connectivity index (χ0v) is 16.2. The Labute approximate surface area is 156 Å². The lowest BCUT2D eigenvalue weighted by atomic mass is 10.1. The van der Waals surface area contributed by atoms with Crippen molar-refractivity contribution >= 4 is 21.8 Å². The van der Waals surface area contributed by atoms with Crippen LogP contribution in [0.5, 0.6) is 5.75 Å². The van der Waals surface area contributed by atoms with Crippen molar-refractivity contribution in [2.45, 2.75) is 13.3 Å². The van der Waals surface area contributed by atoms with E-state index in [2.05, 4.69) is 43.2 Å². The first kappa shape index (κ1) is 17.9. The Morgan fingerprint density at radius 3 is 2.48 bits per heavy atom. The van der Waals surface area contributed by atoms with Crippen LogP contribution in [0, 0.1) is 6.92 Å². The molecule has 0 radical (unpaired) electrons. The van der Waals surface area contributed by atoms with Crippen LogP contribution < -0.4 is 4.74 Å². The first-order valence-electron chi connectivity index (χ1n) is 8.43. The van der Waals surface area contributed by atoms with Crippen LogP contribution in [0.1, 0.15) is 21.7 Å². The molecule has 0 spiro atoms. The Hall–Kier alpha value is -1.86. The summed E-state index contributed by atoms with van der Waals surface area (Å²) in [5.74, 6) is 0.877. The van der Waals surface area contributed by atoms with Crippen LogP contribution in [0.4, 0.5) is 0 Å². The van der Waals surface area contributed by atoms with Crippen molar-refractivity contribution in [2.24, 2.45) is 0 Å². The summed E-state index contributed by atoms with van der Waals surface area (Å²) in [7, 11) is 1.68. The first-order valence-corrected chi connectivity index (χ1v) is 9.23. The van der Waals surface area contributed by atoms with Crippen LogP contribution in [0.3, 0.4) is 0 Å². The van der Waals surface area contributed by atoms with E-state index in [9.17, 15) is 4.79 Å². The fraction of sp³-hybridized carbons (Fsp3) is 0.444. The van der Waals surface area contributed by atoms with Crippen molar-refractivity contribution < 1.29 is 9.53 Å². The number of halogens is 1. The van der Waals surface area contributed by atoms with Gasteiger partial charge in [-0.2, -0.15) is 5.10 Å². The summed E-state index contributed by atoms with van der Waals surface area (Å²) in [4.78, 5) is 16.8. The van der Waals surface area contributed by atoms with Gasteiger partial charge in [-0.1, -0.05) is 12.1 Å². The minimum absolute atomic E-state index is 0.00831. The summed E-state index contributed by atoms with van der Waals surface area (Å²) in [6.45, 7) is 6.15. The summed E-state index contributed by atoms with van der Waals surface area (Å²) in [6.07, 6.45) is 1.00. The zero-order valence-electron chi connectivity index (χ0n) is 14.6. The van der Waals surface area contributed by atoms with Gasteiger partial charge >= 0.3 is 0 Å². The zero-order chi connectivity index (χ0) is 17.8. The van der Waals surface area contributed by atoms with E-state index in [0.717, 1.165) is 55.1 Å². The van der Waals surface area contributed by atoms with Crippen molar-refractivity contribution in [3.8, 4) is 5.75 Å². The van der Waals surface area contributed by atoms with E-state index in [4.69, 9.17) is 4.74 Å². The highest BCUT2D eigenvalue weighted by atomic mass is 79.9. The number of rotatable bonds is 5. The second kappa shape index (κ2) is 8.01. The number of ether oxygens (including phenoxy) is 1. The molecule has 1 amide bonds. The average Bonchev–Trinajstić information content (AvgIpc) is 2.99. The van der Waals surface area contributed by atoms with Gasteiger partial charge in [0.15, 0.2) is 5.69 Å². The number of amides is 1. The molecule has 1 saturated heterocycles. The molecule has 2 heterocycles. The first-order chi connectivity index (χ1) is 12.1. The standard InChI is InChI=1S/C18H23BrN4O2/c1-13-16(19)17(21-20-13)18(24)23-11-9-22(10-12-23)8-7-14-3-5-15(25-2)6-4-14/h3-6H,7-12H2,1-2H3,(H,20,21). The van der Waals surface area contributed by atoms with E-state index in [1.165, 1.54) is 5.56 Å². The molecule has 1 fully saturated rings. The minimum Gasteiger partial charge on any atom is -0.497 e. The molecule has 0 bridgehead atoms. The maximum Gasteiger partial charge on any atom is 0.275 e. The topological polar surface area (TPSA) is 61.5 Å². The van der Waals surface area contributed by atoms with Crippen molar-refractivity contribution in [1.82, 2.24) is 20.0 Å². The molecule has 0 unspecified atom stereocenters. The lowest BCUT2D eigenvalue weighted by Crippen LogP contribution is -2.49. The minimum atomic E-state index is -0.00831. The predicted octanol–water partition coefficient (Wildman–Crippen LogP) is 2.49. The highest BCUT2D eigenvalue weighted by Gasteiger charge is 2.25. The van der Waals surface area contributed by atoms with Crippen molar-refractivity contribution in [3.63, 3.8) is 0 Å². The maximum absolute atomic E-state index is 12.6. The molecule has 1 aromatic carbocycles. The number of nitrogens with zero attached hydrogens (tertiary/aromatic N) is 3. The fourth-order valence-corrected chi connectivity index (χ4v) is 3.31. The maximum atomic E-state index is 12.6. The van der Waals surface area contributed by atoms with Gasteiger partial charge in [0, 0.05) is 38.4 Å². The predicted molar refractivity (Wildman–Crippen MR) is 100 cm³/mol. The van der Waals surface area contributed by atoms with Gasteiger partial charge < -0.3 is 9.64 Å². The largest absolute Gasteiger partial charge is 0.497 e. The van der Waals surface area contributed by atoms with E-state index in [0.29, 0.717) is 5.69 Å². The Balaban J connectivity index is 1.48. The molecule has 1 aliphatic rings. The smallest absolute Gasteiger partial charge is 0.275 e. The Bertz CT molecular complexity index is 721. The number of hydrogen-bond acceptors (Lipinski definition) is 4. The molecule has 0 atom stereocenters. The number of H-pyrrole nitrogens is 1. The van der Waals surface area contributed by atoms with Crippen LogP contribution in [0.15, 0.2) is 28.7 Å². The highest BCUT2D eigenvalue weighted by molar-refractivity contribution is 9.10. The number of hydrogen-bond donors (Lipinski definition) is 1. The Morgan fingerprint density at radius 2 is 1.92 bits per heavy atom. The third-order valence-electron chi connectivity index (χ3n) is 4.61. The van der Waals surface area contributed by atoms with E-state index < -0.39 is 0 Å². The summed E-state index contributed by atoms with van der Waals surface area (Å²) in [5, 5.41) is 6.96. The summed E-state index contributed by atoms with van der Waals surface area (Å²) in [5.41, 5.74) is 2.65. The molecular formula is C18H23BrN4O2. The number of carbonyl (C=O) groups is 1. The highest BCUT2D eigenvalue weighted by Crippen LogP contribution is 2.20. The van der Waals surface area contributed by atoms with Gasteiger partial charge in [-0.25, -0.2) is 0 Å². The average molecular weight is 407 g/mol. The molecule has 3 rings (SSSR count). The Kier molecular flexibility index (Phi) is 5.75. The van der Waals surface area contributed by atoms with Crippen molar-refractivity contribution in [2.75, 3.05) is 39.8 Å². The van der Waals surface area contributed by atoms with Crippen LogP contribution in [0.25, 0.3) is 0 Å². The number of aromatic nitrogens is 2. The lowest BCUT2D eigenvalue weighted by Gasteiger charge is -2.34. The van der Waals surface area contributed by atoms with E-state index >= 15 is 0 Å². The molecule has 1 aromatic heterocycles. The lowest BCUT2D eigenvalue weighted by molar-refractivity contribution is 0.0632. The molecule has 1 aliphatic heterocycles. The number of aromatic amines is 1. The van der Waals surface area contributed by atoms with Crippen LogP contribution in [-0.4, -0.2) is 65.7 Å². The van der Waals surface area contributed by atoms with E-state index in [1.807, 2.05) is 24.0 Å². The quantitative estimate of drug-likeness (QED) is 0.828. The van der Waals surface area contributed by atoms with Gasteiger partial charge in [-0.05, 0) is 47.0 Å². The molecular weight excluding hydrogens is 384 g/mol. The second-order valence-electron chi connectivity index (χ2n) is 6.24. The van der Waals surface area contributed by atoms with Gasteiger partial charge in [0.1, 0.15) is 5.75 Å². The monoisotopic (exact) mass is 406 g/mol. The van der Waals surface area contributed by atoms with Crippen molar-refractivity contribution in [3.05, 3.63) is 45.7 Å². The molecule has 6 nitrogen and oxygen atoms in total. The van der Waals surface area contributed by atoms with Gasteiger partial charge in [0.25, 0.3) is 5.91 Å². The number of aryl methyl sites for hydroxylation is 1. The van der Waals surface area contributed by atoms with E-state index in [1.54, 1.807) is 7.11 Å². The summed E-state index contributed by atoms with van der Waals surface area (Å²) >= 11 is 3.43. The summed E-state index contributed by atoms with van der Waals surface area (Å²) < 4.78 is 5.95. The van der Waals surface area contributed by atoms with Crippen LogP contribution in [-0.2, 0) is 6.42 Å². The number of piperazine rings is 1. The summed E-state index contributed by atoms with van der Waals surface area (Å²) in [6, 6.07) is 8.21. The number of nitrogens with one attached hydrogen (secondary N) is 1. The fourth-order valence-electron chi connectivity index (χ4n) is 2.96. The molecule has 0 aliphatic carbocycles. The number of carbonyl (C=O) groups excluding carboxylic acids is 1. The number of benzene rings is 1. The SMILES string of the molecule is COc1ccc(CCN2CCN(C(=O)c3n[nH]c(C)c3Br)CC2)cc1. The van der Waals surface area contributed by atoms with Crippen LogP contribution in [0.2, 0.25) is 0 Å². The second-order valence-corrected chi connectivity index (χ2v) is 7.04. The van der Waals surface area contributed by atoms with Gasteiger partial charge in [0.2, 0.25) is 0 Å². The molecule has 1 N–H and O–H groups in total. The number of methoxy groups -OCH3 is 1. The van der Waals surface area contributed by atoms with Crippen LogP contribution >= 0.6 is 15.9 Å². The van der Waals surface area contributed by atoms with Gasteiger partial charge in [-0.15, -0.1) is 0 Å². The molecule has 2 aromatic rings. The third-order valence-corrected chi connectivity index (χ3v) is 5.58. The third kappa shape index (κ3) is 4.22. The molecule has 134 valence electrons.